The molecule has 0 spiro atoms. The fraction of sp³-hybridized carbons (Fsp3) is 0.474. The van der Waals surface area contributed by atoms with Crippen LogP contribution in [-0.2, 0) is 13.6 Å². The highest BCUT2D eigenvalue weighted by molar-refractivity contribution is 5.74. The summed E-state index contributed by atoms with van der Waals surface area (Å²) >= 11 is 0. The largest absolute Gasteiger partial charge is 0.393 e. The number of urea groups is 1. The van der Waals surface area contributed by atoms with E-state index in [-0.39, 0.29) is 12.1 Å². The van der Waals surface area contributed by atoms with Gasteiger partial charge in [-0.1, -0.05) is 36.8 Å². The van der Waals surface area contributed by atoms with Crippen molar-refractivity contribution in [2.75, 3.05) is 6.54 Å². The van der Waals surface area contributed by atoms with Crippen LogP contribution in [0.15, 0.2) is 36.5 Å². The Hall–Kier alpha value is -2.34. The zero-order valence-corrected chi connectivity index (χ0v) is 14.6. The third-order valence-electron chi connectivity index (χ3n) is 4.70. The highest BCUT2D eigenvalue weighted by Crippen LogP contribution is 2.23. The lowest BCUT2D eigenvalue weighted by Gasteiger charge is -2.25. The van der Waals surface area contributed by atoms with E-state index in [9.17, 15) is 9.90 Å². The number of aromatic nitrogens is 2. The number of aliphatic hydroxyl groups excluding tert-OH is 1. The molecule has 1 fully saturated rings. The summed E-state index contributed by atoms with van der Waals surface area (Å²) in [5, 5.41) is 20.0. The van der Waals surface area contributed by atoms with E-state index in [1.807, 2.05) is 43.6 Å². The molecule has 25 heavy (non-hydrogen) atoms. The van der Waals surface area contributed by atoms with Crippen LogP contribution in [0.5, 0.6) is 0 Å². The van der Waals surface area contributed by atoms with Crippen molar-refractivity contribution >= 4 is 6.03 Å². The van der Waals surface area contributed by atoms with E-state index in [0.717, 1.165) is 42.5 Å². The molecule has 6 heteroatoms. The first kappa shape index (κ1) is 17.5. The van der Waals surface area contributed by atoms with Crippen LogP contribution in [0, 0.1) is 5.92 Å². The van der Waals surface area contributed by atoms with Gasteiger partial charge < -0.3 is 15.7 Å². The summed E-state index contributed by atoms with van der Waals surface area (Å²) in [5.41, 5.74) is 2.91. The Bertz CT molecular complexity index is 699. The number of carbonyl (C=O) groups is 1. The molecule has 1 heterocycles. The molecular formula is C19H26N4O2. The van der Waals surface area contributed by atoms with Crippen molar-refractivity contribution in [1.29, 1.82) is 0 Å². The monoisotopic (exact) mass is 342 g/mol. The lowest BCUT2D eigenvalue weighted by molar-refractivity contribution is 0.101. The minimum atomic E-state index is -0.215. The van der Waals surface area contributed by atoms with E-state index in [4.69, 9.17) is 0 Å². The van der Waals surface area contributed by atoms with Crippen molar-refractivity contribution in [3.63, 3.8) is 0 Å². The van der Waals surface area contributed by atoms with Crippen molar-refractivity contribution in [2.45, 2.75) is 38.3 Å². The number of aryl methyl sites for hydroxylation is 1. The second-order valence-corrected chi connectivity index (χ2v) is 6.79. The number of rotatable bonds is 5. The van der Waals surface area contributed by atoms with E-state index in [0.29, 0.717) is 19.0 Å². The fourth-order valence-corrected chi connectivity index (χ4v) is 3.43. The standard InChI is InChI=1S/C19H26N4O2/c1-23-13-16(18(22-23)15-7-3-2-4-8-15)12-21-19(25)20-11-14-6-5-9-17(24)10-14/h2-4,7-8,13-14,17,24H,5-6,9-12H2,1H3,(H2,20,21,25)/t14-,17-/m1/s1. The molecule has 0 radical (unpaired) electrons. The quantitative estimate of drug-likeness (QED) is 0.781. The number of hydrogen-bond donors (Lipinski definition) is 3. The maximum Gasteiger partial charge on any atom is 0.315 e. The average molecular weight is 342 g/mol. The number of carbonyl (C=O) groups excluding carboxylic acids is 1. The molecule has 1 aromatic carbocycles. The Kier molecular flexibility index (Phi) is 5.71. The number of nitrogens with zero attached hydrogens (tertiary/aromatic N) is 2. The van der Waals surface area contributed by atoms with Crippen molar-refractivity contribution in [1.82, 2.24) is 20.4 Å². The van der Waals surface area contributed by atoms with Gasteiger partial charge in [0.05, 0.1) is 11.8 Å². The predicted molar refractivity (Wildman–Crippen MR) is 96.8 cm³/mol. The molecule has 0 aliphatic heterocycles. The van der Waals surface area contributed by atoms with Crippen LogP contribution in [-0.4, -0.2) is 33.6 Å². The lowest BCUT2D eigenvalue weighted by Crippen LogP contribution is -2.39. The Balaban J connectivity index is 1.52. The molecule has 2 aromatic rings. The highest BCUT2D eigenvalue weighted by Gasteiger charge is 2.20. The van der Waals surface area contributed by atoms with Gasteiger partial charge in [0.25, 0.3) is 0 Å². The number of aliphatic hydroxyl groups is 1. The van der Waals surface area contributed by atoms with Crippen LogP contribution in [0.3, 0.4) is 0 Å². The van der Waals surface area contributed by atoms with Crippen molar-refractivity contribution in [3.05, 3.63) is 42.1 Å². The normalized spacial score (nSPS) is 20.2. The van der Waals surface area contributed by atoms with Gasteiger partial charge in [0.2, 0.25) is 0 Å². The van der Waals surface area contributed by atoms with E-state index in [1.54, 1.807) is 4.68 Å². The van der Waals surface area contributed by atoms with Gasteiger partial charge in [-0.15, -0.1) is 0 Å². The van der Waals surface area contributed by atoms with Crippen LogP contribution < -0.4 is 10.6 Å². The molecule has 134 valence electrons. The first-order valence-corrected chi connectivity index (χ1v) is 8.89. The maximum atomic E-state index is 12.1. The number of amides is 2. The Morgan fingerprint density at radius 1 is 1.28 bits per heavy atom. The highest BCUT2D eigenvalue weighted by atomic mass is 16.3. The van der Waals surface area contributed by atoms with Gasteiger partial charge in [-0.3, -0.25) is 4.68 Å². The van der Waals surface area contributed by atoms with E-state index < -0.39 is 0 Å². The summed E-state index contributed by atoms with van der Waals surface area (Å²) in [6.45, 7) is 1.04. The van der Waals surface area contributed by atoms with Crippen molar-refractivity contribution in [3.8, 4) is 11.3 Å². The molecule has 0 unspecified atom stereocenters. The van der Waals surface area contributed by atoms with E-state index in [1.165, 1.54) is 0 Å². The minimum absolute atomic E-state index is 0.178. The molecule has 1 aromatic heterocycles. The molecule has 3 N–H and O–H groups in total. The summed E-state index contributed by atoms with van der Waals surface area (Å²) in [4.78, 5) is 12.1. The van der Waals surface area contributed by atoms with Gasteiger partial charge >= 0.3 is 6.03 Å². The fourth-order valence-electron chi connectivity index (χ4n) is 3.43. The van der Waals surface area contributed by atoms with Gasteiger partial charge in [-0.05, 0) is 25.2 Å². The Labute approximate surface area is 148 Å². The molecule has 0 saturated heterocycles. The van der Waals surface area contributed by atoms with Gasteiger partial charge in [-0.2, -0.15) is 5.10 Å². The first-order chi connectivity index (χ1) is 12.1. The van der Waals surface area contributed by atoms with Crippen LogP contribution >= 0.6 is 0 Å². The molecule has 1 aliphatic rings. The smallest absolute Gasteiger partial charge is 0.315 e. The lowest BCUT2D eigenvalue weighted by atomic mass is 9.87. The Morgan fingerprint density at radius 3 is 2.84 bits per heavy atom. The predicted octanol–water partition coefficient (Wildman–Crippen LogP) is 2.44. The number of benzene rings is 1. The molecule has 2 atom stereocenters. The summed E-state index contributed by atoms with van der Waals surface area (Å²) in [6, 6.07) is 9.78. The average Bonchev–Trinajstić information content (AvgIpc) is 3.00. The third kappa shape index (κ3) is 4.82. The SMILES string of the molecule is Cn1cc(CNC(=O)NC[C@@H]2CCC[C@@H](O)C2)c(-c2ccccc2)n1. The number of hydrogen-bond acceptors (Lipinski definition) is 3. The van der Waals surface area contributed by atoms with Gasteiger partial charge in [0.15, 0.2) is 0 Å². The Morgan fingerprint density at radius 2 is 2.08 bits per heavy atom. The summed E-state index contributed by atoms with van der Waals surface area (Å²) in [6.07, 6.45) is 5.48. The van der Waals surface area contributed by atoms with Crippen LogP contribution in [0.1, 0.15) is 31.2 Å². The van der Waals surface area contributed by atoms with Crippen LogP contribution in [0.2, 0.25) is 0 Å². The second kappa shape index (κ2) is 8.16. The molecule has 2 amide bonds. The van der Waals surface area contributed by atoms with Gasteiger partial charge in [0, 0.05) is 37.5 Å². The van der Waals surface area contributed by atoms with E-state index >= 15 is 0 Å². The van der Waals surface area contributed by atoms with Gasteiger partial charge in [-0.25, -0.2) is 4.79 Å². The second-order valence-electron chi connectivity index (χ2n) is 6.79. The molecular weight excluding hydrogens is 316 g/mol. The minimum Gasteiger partial charge on any atom is -0.393 e. The van der Waals surface area contributed by atoms with E-state index in [2.05, 4.69) is 15.7 Å². The third-order valence-corrected chi connectivity index (χ3v) is 4.70. The molecule has 1 aliphatic carbocycles. The molecule has 3 rings (SSSR count). The number of nitrogens with one attached hydrogen (secondary N) is 2. The summed E-state index contributed by atoms with van der Waals surface area (Å²) in [7, 11) is 1.88. The molecule has 1 saturated carbocycles. The van der Waals surface area contributed by atoms with Crippen LogP contribution in [0.25, 0.3) is 11.3 Å². The van der Waals surface area contributed by atoms with Crippen molar-refractivity contribution in [2.24, 2.45) is 13.0 Å². The van der Waals surface area contributed by atoms with Crippen LogP contribution in [0.4, 0.5) is 4.79 Å². The topological polar surface area (TPSA) is 79.2 Å². The van der Waals surface area contributed by atoms with Gasteiger partial charge in [0.1, 0.15) is 0 Å². The first-order valence-electron chi connectivity index (χ1n) is 8.89. The summed E-state index contributed by atoms with van der Waals surface area (Å²) < 4.78 is 1.76. The molecule has 6 nitrogen and oxygen atoms in total. The maximum absolute atomic E-state index is 12.1. The molecule has 0 bridgehead atoms. The zero-order chi connectivity index (χ0) is 17.6. The van der Waals surface area contributed by atoms with Crippen molar-refractivity contribution < 1.29 is 9.90 Å². The summed E-state index contributed by atoms with van der Waals surface area (Å²) in [5.74, 6) is 0.368. The zero-order valence-electron chi connectivity index (χ0n) is 14.6.